The van der Waals surface area contributed by atoms with Crippen molar-refractivity contribution < 1.29 is 14.6 Å². The first-order valence-electron chi connectivity index (χ1n) is 7.42. The molecule has 116 valence electrons. The van der Waals surface area contributed by atoms with Gasteiger partial charge in [-0.1, -0.05) is 11.6 Å². The number of ether oxygens (including phenoxy) is 1. The molecule has 1 aromatic carbocycles. The predicted molar refractivity (Wildman–Crippen MR) is 82.9 cm³/mol. The van der Waals surface area contributed by atoms with Crippen LogP contribution in [0.4, 0.5) is 0 Å². The van der Waals surface area contributed by atoms with Crippen LogP contribution in [-0.4, -0.2) is 41.7 Å². The first-order chi connectivity index (χ1) is 10.0. The van der Waals surface area contributed by atoms with Crippen LogP contribution < -0.4 is 4.74 Å². The van der Waals surface area contributed by atoms with Crippen LogP contribution in [-0.2, 0) is 0 Å². The third-order valence-electron chi connectivity index (χ3n) is 3.90. The van der Waals surface area contributed by atoms with Crippen molar-refractivity contribution in [3.63, 3.8) is 0 Å². The molecule has 5 heteroatoms. The molecule has 0 unspecified atom stereocenters. The number of likely N-dealkylation sites (tertiary alicyclic amines) is 1. The van der Waals surface area contributed by atoms with Gasteiger partial charge in [-0.2, -0.15) is 0 Å². The fraction of sp³-hybridized carbons (Fsp3) is 0.562. The van der Waals surface area contributed by atoms with Crippen molar-refractivity contribution in [3.05, 3.63) is 28.8 Å². The van der Waals surface area contributed by atoms with Crippen LogP contribution in [0.1, 0.15) is 37.0 Å². The van der Waals surface area contributed by atoms with Gasteiger partial charge in [0, 0.05) is 24.0 Å². The van der Waals surface area contributed by atoms with E-state index < -0.39 is 6.10 Å². The molecule has 0 aliphatic carbocycles. The summed E-state index contributed by atoms with van der Waals surface area (Å²) in [5.41, 5.74) is 0.535. The molecular formula is C16H22ClNO3. The third-order valence-corrected chi connectivity index (χ3v) is 4.14. The maximum Gasteiger partial charge on any atom is 0.257 e. The maximum absolute atomic E-state index is 12.7. The van der Waals surface area contributed by atoms with Gasteiger partial charge < -0.3 is 14.7 Å². The summed E-state index contributed by atoms with van der Waals surface area (Å²) >= 11 is 5.97. The van der Waals surface area contributed by atoms with Crippen molar-refractivity contribution in [2.24, 2.45) is 5.92 Å². The lowest BCUT2D eigenvalue weighted by Crippen LogP contribution is -2.43. The van der Waals surface area contributed by atoms with Crippen LogP contribution in [0, 0.1) is 5.92 Å². The third kappa shape index (κ3) is 3.89. The summed E-state index contributed by atoms with van der Waals surface area (Å²) in [6.45, 7) is 5.45. The van der Waals surface area contributed by atoms with Gasteiger partial charge in [-0.25, -0.2) is 0 Å². The largest absolute Gasteiger partial charge is 0.493 e. The second kappa shape index (κ2) is 7.14. The lowest BCUT2D eigenvalue weighted by Gasteiger charge is -2.34. The molecule has 0 radical (unpaired) electrons. The highest BCUT2D eigenvalue weighted by Crippen LogP contribution is 2.27. The fourth-order valence-corrected chi connectivity index (χ4v) is 2.87. The molecule has 2 rings (SSSR count). The van der Waals surface area contributed by atoms with E-state index >= 15 is 0 Å². The van der Waals surface area contributed by atoms with E-state index in [1.165, 1.54) is 0 Å². The average molecular weight is 312 g/mol. The smallest absolute Gasteiger partial charge is 0.257 e. The summed E-state index contributed by atoms with van der Waals surface area (Å²) in [6, 6.07) is 5.09. The minimum absolute atomic E-state index is 0.0551. The standard InChI is InChI=1S/C16H22ClNO3/c1-3-21-15-9-13(17)6-7-14(15)16(20)18-8-4-5-12(10-18)11(2)19/h6-7,9,11-12,19H,3-5,8,10H2,1-2H3/t11-,12-/m1/s1. The molecular weight excluding hydrogens is 290 g/mol. The van der Waals surface area contributed by atoms with Gasteiger partial charge in [-0.3, -0.25) is 4.79 Å². The van der Waals surface area contributed by atoms with Gasteiger partial charge in [0.15, 0.2) is 0 Å². The highest BCUT2D eigenvalue weighted by Gasteiger charge is 2.28. The number of amides is 1. The van der Waals surface area contributed by atoms with Crippen molar-refractivity contribution >= 4 is 17.5 Å². The Morgan fingerprint density at radius 2 is 2.33 bits per heavy atom. The molecule has 0 spiro atoms. The van der Waals surface area contributed by atoms with Crippen molar-refractivity contribution in [2.75, 3.05) is 19.7 Å². The first-order valence-corrected chi connectivity index (χ1v) is 7.80. The van der Waals surface area contributed by atoms with Gasteiger partial charge in [0.25, 0.3) is 5.91 Å². The SMILES string of the molecule is CCOc1cc(Cl)ccc1C(=O)N1CCC[C@@H]([C@@H](C)O)C1. The number of benzene rings is 1. The number of aliphatic hydroxyl groups excluding tert-OH is 1. The molecule has 1 N–H and O–H groups in total. The summed E-state index contributed by atoms with van der Waals surface area (Å²) < 4.78 is 5.52. The van der Waals surface area contributed by atoms with Gasteiger partial charge in [0.1, 0.15) is 5.75 Å². The quantitative estimate of drug-likeness (QED) is 0.930. The van der Waals surface area contributed by atoms with E-state index in [0.29, 0.717) is 29.5 Å². The van der Waals surface area contributed by atoms with E-state index in [4.69, 9.17) is 16.3 Å². The van der Waals surface area contributed by atoms with Gasteiger partial charge in [0.2, 0.25) is 0 Å². The summed E-state index contributed by atoms with van der Waals surface area (Å²) in [5.74, 6) is 0.611. The van der Waals surface area contributed by atoms with E-state index in [2.05, 4.69) is 0 Å². The number of halogens is 1. The van der Waals surface area contributed by atoms with Crippen LogP contribution in [0.5, 0.6) is 5.75 Å². The van der Waals surface area contributed by atoms with E-state index in [9.17, 15) is 9.90 Å². The Labute approximate surface area is 130 Å². The highest BCUT2D eigenvalue weighted by atomic mass is 35.5. The van der Waals surface area contributed by atoms with Gasteiger partial charge in [-0.15, -0.1) is 0 Å². The zero-order valence-electron chi connectivity index (χ0n) is 12.5. The number of hydrogen-bond acceptors (Lipinski definition) is 3. The second-order valence-corrected chi connectivity index (χ2v) is 5.90. The molecule has 1 aliphatic rings. The Morgan fingerprint density at radius 3 is 3.00 bits per heavy atom. The Kier molecular flexibility index (Phi) is 5.48. The molecule has 0 bridgehead atoms. The number of piperidine rings is 1. The molecule has 21 heavy (non-hydrogen) atoms. The average Bonchev–Trinajstić information content (AvgIpc) is 2.47. The molecule has 1 saturated heterocycles. The first kappa shape index (κ1) is 16.1. The van der Waals surface area contributed by atoms with Crippen LogP contribution in [0.3, 0.4) is 0 Å². The van der Waals surface area contributed by atoms with Crippen molar-refractivity contribution in [3.8, 4) is 5.75 Å². The predicted octanol–water partition coefficient (Wildman–Crippen LogP) is 2.97. The Balaban J connectivity index is 2.19. The van der Waals surface area contributed by atoms with Crippen molar-refractivity contribution in [1.82, 2.24) is 4.90 Å². The van der Waals surface area contributed by atoms with Crippen LogP contribution in [0.2, 0.25) is 5.02 Å². The normalized spacial score (nSPS) is 20.2. The van der Waals surface area contributed by atoms with Gasteiger partial charge in [-0.05, 0) is 44.9 Å². The maximum atomic E-state index is 12.7. The number of hydrogen-bond donors (Lipinski definition) is 1. The lowest BCUT2D eigenvalue weighted by molar-refractivity contribution is 0.0463. The summed E-state index contributed by atoms with van der Waals surface area (Å²) in [6.07, 6.45) is 1.48. The molecule has 4 nitrogen and oxygen atoms in total. The van der Waals surface area contributed by atoms with E-state index in [1.54, 1.807) is 30.0 Å². The molecule has 1 fully saturated rings. The Hall–Kier alpha value is -1.26. The van der Waals surface area contributed by atoms with Crippen molar-refractivity contribution in [2.45, 2.75) is 32.8 Å². The van der Waals surface area contributed by atoms with Crippen molar-refractivity contribution in [1.29, 1.82) is 0 Å². The highest BCUT2D eigenvalue weighted by molar-refractivity contribution is 6.30. The minimum Gasteiger partial charge on any atom is -0.493 e. The lowest BCUT2D eigenvalue weighted by atomic mass is 9.93. The molecule has 0 aromatic heterocycles. The monoisotopic (exact) mass is 311 g/mol. The number of nitrogens with zero attached hydrogens (tertiary/aromatic N) is 1. The van der Waals surface area contributed by atoms with E-state index in [1.807, 2.05) is 6.92 Å². The Bertz CT molecular complexity index is 504. The molecule has 0 saturated carbocycles. The number of carbonyl (C=O) groups excluding carboxylic acids is 1. The van der Waals surface area contributed by atoms with E-state index in [0.717, 1.165) is 19.4 Å². The number of carbonyl (C=O) groups is 1. The molecule has 2 atom stereocenters. The molecule has 1 amide bonds. The Morgan fingerprint density at radius 1 is 1.57 bits per heavy atom. The van der Waals surface area contributed by atoms with Gasteiger partial charge in [0.05, 0.1) is 18.3 Å². The zero-order valence-corrected chi connectivity index (χ0v) is 13.3. The molecule has 1 heterocycles. The van der Waals surface area contributed by atoms with E-state index in [-0.39, 0.29) is 11.8 Å². The summed E-state index contributed by atoms with van der Waals surface area (Å²) in [4.78, 5) is 14.5. The zero-order chi connectivity index (χ0) is 15.4. The van der Waals surface area contributed by atoms with Crippen LogP contribution in [0.15, 0.2) is 18.2 Å². The van der Waals surface area contributed by atoms with Crippen LogP contribution in [0.25, 0.3) is 0 Å². The molecule has 1 aliphatic heterocycles. The van der Waals surface area contributed by atoms with Gasteiger partial charge >= 0.3 is 0 Å². The summed E-state index contributed by atoms with van der Waals surface area (Å²) in [7, 11) is 0. The second-order valence-electron chi connectivity index (χ2n) is 5.47. The number of rotatable bonds is 4. The molecule has 1 aromatic rings. The number of aliphatic hydroxyl groups is 1. The minimum atomic E-state index is -0.391. The topological polar surface area (TPSA) is 49.8 Å². The van der Waals surface area contributed by atoms with Crippen LogP contribution >= 0.6 is 11.6 Å². The fourth-order valence-electron chi connectivity index (χ4n) is 2.71. The summed E-state index contributed by atoms with van der Waals surface area (Å²) in [5, 5.41) is 10.3.